The van der Waals surface area contributed by atoms with Gasteiger partial charge in [-0.1, -0.05) is 28.1 Å². The van der Waals surface area contributed by atoms with Gasteiger partial charge < -0.3 is 0 Å². The first-order chi connectivity index (χ1) is 5.83. The third-order valence-electron chi connectivity index (χ3n) is 1.70. The van der Waals surface area contributed by atoms with E-state index in [0.717, 1.165) is 23.7 Å². The molecular weight excluding hydrogens is 212 g/mol. The molecule has 0 atom stereocenters. The lowest BCUT2D eigenvalue weighted by molar-refractivity contribution is 0.858. The molecule has 0 saturated carbocycles. The van der Waals surface area contributed by atoms with Crippen molar-refractivity contribution in [3.05, 3.63) is 34.3 Å². The van der Waals surface area contributed by atoms with Crippen LogP contribution >= 0.6 is 15.9 Å². The van der Waals surface area contributed by atoms with E-state index in [-0.39, 0.29) is 0 Å². The zero-order valence-electron chi connectivity index (χ0n) is 6.89. The monoisotopic (exact) mass is 222 g/mol. The van der Waals surface area contributed by atoms with Crippen molar-refractivity contribution >= 4 is 15.9 Å². The molecular formula is C11H11Br. The van der Waals surface area contributed by atoms with Gasteiger partial charge in [0.1, 0.15) is 0 Å². The highest BCUT2D eigenvalue weighted by Gasteiger charge is 1.91. The van der Waals surface area contributed by atoms with Crippen molar-refractivity contribution in [3.63, 3.8) is 0 Å². The summed E-state index contributed by atoms with van der Waals surface area (Å²) in [5.41, 5.74) is 1.36. The minimum atomic E-state index is 0.871. The van der Waals surface area contributed by atoms with Gasteiger partial charge in [0.05, 0.1) is 0 Å². The summed E-state index contributed by atoms with van der Waals surface area (Å²) >= 11 is 3.39. The van der Waals surface area contributed by atoms with E-state index in [0.29, 0.717) is 0 Å². The summed E-state index contributed by atoms with van der Waals surface area (Å²) in [6, 6.07) is 8.37. The number of halogens is 1. The van der Waals surface area contributed by atoms with Gasteiger partial charge in [-0.3, -0.25) is 0 Å². The molecule has 1 heteroatoms. The van der Waals surface area contributed by atoms with Crippen molar-refractivity contribution in [2.75, 3.05) is 0 Å². The lowest BCUT2D eigenvalue weighted by atomic mass is 10.1. The smallest absolute Gasteiger partial charge is 0.0175 e. The summed E-state index contributed by atoms with van der Waals surface area (Å²) < 4.78 is 1.13. The van der Waals surface area contributed by atoms with E-state index in [1.54, 1.807) is 0 Å². The Balaban J connectivity index is 2.43. The summed E-state index contributed by atoms with van der Waals surface area (Å²) in [5, 5.41) is 0. The number of hydrogen-bond acceptors (Lipinski definition) is 0. The molecule has 0 unspecified atom stereocenters. The van der Waals surface area contributed by atoms with Gasteiger partial charge in [-0.05, 0) is 30.5 Å². The van der Waals surface area contributed by atoms with Crippen LogP contribution in [-0.2, 0) is 6.42 Å². The molecule has 0 bridgehead atoms. The minimum absolute atomic E-state index is 0.871. The van der Waals surface area contributed by atoms with Gasteiger partial charge in [0, 0.05) is 10.9 Å². The summed E-state index contributed by atoms with van der Waals surface area (Å²) in [6.45, 7) is 0. The fraction of sp³-hybridized carbons (Fsp3) is 0.273. The van der Waals surface area contributed by atoms with Gasteiger partial charge in [0.2, 0.25) is 0 Å². The van der Waals surface area contributed by atoms with E-state index in [1.807, 2.05) is 0 Å². The highest BCUT2D eigenvalue weighted by atomic mass is 79.9. The van der Waals surface area contributed by atoms with Crippen LogP contribution in [0.2, 0.25) is 0 Å². The first-order valence-electron chi connectivity index (χ1n) is 4.01. The second-order valence-electron chi connectivity index (χ2n) is 2.68. The fourth-order valence-electron chi connectivity index (χ4n) is 1.05. The zero-order chi connectivity index (χ0) is 8.81. The molecule has 0 aromatic heterocycles. The van der Waals surface area contributed by atoms with E-state index < -0.39 is 0 Å². The van der Waals surface area contributed by atoms with E-state index in [9.17, 15) is 0 Å². The van der Waals surface area contributed by atoms with Crippen molar-refractivity contribution < 1.29 is 0 Å². The molecule has 0 heterocycles. The molecule has 0 amide bonds. The van der Waals surface area contributed by atoms with E-state index >= 15 is 0 Å². The van der Waals surface area contributed by atoms with Crippen LogP contribution in [0.25, 0.3) is 0 Å². The van der Waals surface area contributed by atoms with Crippen LogP contribution in [0.1, 0.15) is 18.4 Å². The predicted molar refractivity (Wildman–Crippen MR) is 55.9 cm³/mol. The van der Waals surface area contributed by atoms with Crippen molar-refractivity contribution in [1.29, 1.82) is 0 Å². The van der Waals surface area contributed by atoms with Crippen LogP contribution in [0.4, 0.5) is 0 Å². The van der Waals surface area contributed by atoms with Gasteiger partial charge in [0.15, 0.2) is 0 Å². The third-order valence-corrected chi connectivity index (χ3v) is 2.23. The predicted octanol–water partition coefficient (Wildman–Crippen LogP) is 3.41. The molecule has 0 saturated heterocycles. The van der Waals surface area contributed by atoms with Crippen molar-refractivity contribution in [3.8, 4) is 12.3 Å². The average Bonchev–Trinajstić information content (AvgIpc) is 2.09. The van der Waals surface area contributed by atoms with Crippen molar-refractivity contribution in [2.45, 2.75) is 19.3 Å². The van der Waals surface area contributed by atoms with E-state index in [4.69, 9.17) is 6.42 Å². The first kappa shape index (κ1) is 9.35. The van der Waals surface area contributed by atoms with Gasteiger partial charge in [-0.2, -0.15) is 0 Å². The molecule has 0 aliphatic carbocycles. The minimum Gasteiger partial charge on any atom is -0.120 e. The largest absolute Gasteiger partial charge is 0.120 e. The molecule has 0 spiro atoms. The molecule has 0 fully saturated rings. The number of hydrogen-bond donors (Lipinski definition) is 0. The maximum atomic E-state index is 5.16. The second-order valence-corrected chi connectivity index (χ2v) is 3.60. The third kappa shape index (κ3) is 3.11. The Bertz CT molecular complexity index is 266. The normalized spacial score (nSPS) is 9.33. The fourth-order valence-corrected chi connectivity index (χ4v) is 1.31. The number of terminal acetylenes is 1. The summed E-state index contributed by atoms with van der Waals surface area (Å²) in [6.07, 6.45) is 8.19. The van der Waals surface area contributed by atoms with E-state index in [1.165, 1.54) is 5.56 Å². The Morgan fingerprint density at radius 1 is 1.25 bits per heavy atom. The quantitative estimate of drug-likeness (QED) is 0.544. The van der Waals surface area contributed by atoms with Crippen LogP contribution in [0, 0.1) is 12.3 Å². The molecule has 1 aromatic rings. The van der Waals surface area contributed by atoms with Gasteiger partial charge in [-0.25, -0.2) is 0 Å². The van der Waals surface area contributed by atoms with Crippen LogP contribution in [0.5, 0.6) is 0 Å². The highest BCUT2D eigenvalue weighted by Crippen LogP contribution is 2.12. The first-order valence-corrected chi connectivity index (χ1v) is 4.80. The van der Waals surface area contributed by atoms with Gasteiger partial charge in [-0.15, -0.1) is 12.3 Å². The lowest BCUT2D eigenvalue weighted by Crippen LogP contribution is -1.83. The van der Waals surface area contributed by atoms with Gasteiger partial charge in [0.25, 0.3) is 0 Å². The number of benzene rings is 1. The lowest BCUT2D eigenvalue weighted by Gasteiger charge is -1.98. The van der Waals surface area contributed by atoms with Gasteiger partial charge >= 0.3 is 0 Å². The summed E-state index contributed by atoms with van der Waals surface area (Å²) in [5.74, 6) is 2.64. The average molecular weight is 223 g/mol. The number of aryl methyl sites for hydroxylation is 1. The van der Waals surface area contributed by atoms with Crippen molar-refractivity contribution in [2.24, 2.45) is 0 Å². The zero-order valence-corrected chi connectivity index (χ0v) is 8.47. The van der Waals surface area contributed by atoms with Crippen LogP contribution in [-0.4, -0.2) is 0 Å². The van der Waals surface area contributed by atoms with Crippen LogP contribution in [0.15, 0.2) is 28.7 Å². The van der Waals surface area contributed by atoms with Crippen LogP contribution < -0.4 is 0 Å². The summed E-state index contributed by atoms with van der Waals surface area (Å²) in [4.78, 5) is 0. The molecule has 12 heavy (non-hydrogen) atoms. The number of unbranched alkanes of at least 4 members (excludes halogenated alkanes) is 1. The topological polar surface area (TPSA) is 0 Å². The highest BCUT2D eigenvalue weighted by molar-refractivity contribution is 9.10. The molecule has 62 valence electrons. The van der Waals surface area contributed by atoms with Crippen molar-refractivity contribution in [1.82, 2.24) is 0 Å². The SMILES string of the molecule is C#CCCCc1ccc(Br)cc1. The van der Waals surface area contributed by atoms with Crippen LogP contribution in [0.3, 0.4) is 0 Å². The maximum absolute atomic E-state index is 5.16. The Kier molecular flexibility index (Phi) is 3.90. The number of rotatable bonds is 3. The Labute approximate surface area is 82.1 Å². The maximum Gasteiger partial charge on any atom is 0.0175 e. The Morgan fingerprint density at radius 3 is 2.50 bits per heavy atom. The molecule has 0 nitrogen and oxygen atoms in total. The Morgan fingerprint density at radius 2 is 1.92 bits per heavy atom. The van der Waals surface area contributed by atoms with E-state index in [2.05, 4.69) is 46.1 Å². The molecule has 1 rings (SSSR count). The molecule has 0 N–H and O–H groups in total. The standard InChI is InChI=1S/C11H11Br/c1-2-3-4-5-10-6-8-11(12)9-7-10/h1,6-9H,3-5H2. The Hall–Kier alpha value is -0.740. The summed E-state index contributed by atoms with van der Waals surface area (Å²) in [7, 11) is 0. The molecule has 0 aliphatic rings. The molecule has 1 aromatic carbocycles. The second kappa shape index (κ2) is 5.00. The molecule has 0 aliphatic heterocycles. The molecule has 0 radical (unpaired) electrons.